The average Bonchev–Trinajstić information content (AvgIpc) is 2.42. The van der Waals surface area contributed by atoms with Crippen molar-refractivity contribution < 1.29 is 17.9 Å². The molecule has 0 aliphatic rings. The maximum atomic E-state index is 12.6. The summed E-state index contributed by atoms with van der Waals surface area (Å²) in [5, 5.41) is 0. The van der Waals surface area contributed by atoms with Crippen molar-refractivity contribution in [2.45, 2.75) is 45.5 Å². The van der Waals surface area contributed by atoms with E-state index >= 15 is 0 Å². The Labute approximate surface area is 124 Å². The van der Waals surface area contributed by atoms with Crippen LogP contribution in [0, 0.1) is 0 Å². The summed E-state index contributed by atoms with van der Waals surface area (Å²) >= 11 is 0. The fourth-order valence-corrected chi connectivity index (χ4v) is 2.43. The van der Waals surface area contributed by atoms with Crippen LogP contribution < -0.4 is 0 Å². The largest absolute Gasteiger partial charge is 0.416 e. The molecule has 21 heavy (non-hydrogen) atoms. The highest BCUT2D eigenvalue weighted by Crippen LogP contribution is 2.31. The van der Waals surface area contributed by atoms with Crippen LogP contribution in [-0.4, -0.2) is 31.2 Å². The van der Waals surface area contributed by atoms with Crippen LogP contribution in [0.15, 0.2) is 24.3 Å². The molecule has 5 heteroatoms. The van der Waals surface area contributed by atoms with Crippen molar-refractivity contribution in [3.63, 3.8) is 0 Å². The van der Waals surface area contributed by atoms with Crippen molar-refractivity contribution in [3.8, 4) is 0 Å². The number of nitrogens with zero attached hydrogens (tertiary/aromatic N) is 1. The van der Waals surface area contributed by atoms with Crippen LogP contribution in [0.25, 0.3) is 0 Å². The zero-order valence-electron chi connectivity index (χ0n) is 13.1. The molecule has 120 valence electrons. The van der Waals surface area contributed by atoms with E-state index in [1.54, 1.807) is 19.2 Å². The van der Waals surface area contributed by atoms with E-state index in [2.05, 4.69) is 18.7 Å². The van der Waals surface area contributed by atoms with E-state index in [9.17, 15) is 13.2 Å². The molecule has 0 saturated heterocycles. The molecule has 0 aromatic heterocycles. The minimum Gasteiger partial charge on any atom is -0.385 e. The first kappa shape index (κ1) is 18.0. The fourth-order valence-electron chi connectivity index (χ4n) is 2.43. The summed E-state index contributed by atoms with van der Waals surface area (Å²) in [4.78, 5) is 2.27. The van der Waals surface area contributed by atoms with E-state index in [0.29, 0.717) is 12.6 Å². The minimum atomic E-state index is -4.28. The predicted molar refractivity (Wildman–Crippen MR) is 78.2 cm³/mol. The Morgan fingerprint density at radius 3 is 2.10 bits per heavy atom. The van der Waals surface area contributed by atoms with Gasteiger partial charge in [-0.2, -0.15) is 13.2 Å². The second-order valence-electron chi connectivity index (χ2n) is 5.47. The molecule has 0 N–H and O–H groups in total. The second kappa shape index (κ2) is 7.80. The Hall–Kier alpha value is -1.07. The number of halogens is 3. The zero-order valence-corrected chi connectivity index (χ0v) is 13.1. The average molecular weight is 303 g/mol. The second-order valence-corrected chi connectivity index (χ2v) is 5.47. The first-order valence-electron chi connectivity index (χ1n) is 7.19. The number of benzene rings is 1. The topological polar surface area (TPSA) is 12.5 Å². The van der Waals surface area contributed by atoms with Gasteiger partial charge in [-0.15, -0.1) is 0 Å². The fraction of sp³-hybridized carbons (Fsp3) is 0.625. The van der Waals surface area contributed by atoms with Gasteiger partial charge in [0.25, 0.3) is 0 Å². The van der Waals surface area contributed by atoms with Gasteiger partial charge >= 0.3 is 6.18 Å². The first-order valence-corrected chi connectivity index (χ1v) is 7.19. The van der Waals surface area contributed by atoms with Gasteiger partial charge in [-0.05, 0) is 44.9 Å². The van der Waals surface area contributed by atoms with E-state index in [1.807, 2.05) is 6.92 Å². The molecule has 1 atom stereocenters. The standard InChI is InChI=1S/C16H24F3NO/c1-12(2)20(10-5-11-21-4)13(3)14-6-8-15(9-7-14)16(17,18)19/h6-9,12-13H,5,10-11H2,1-4H3. The van der Waals surface area contributed by atoms with Gasteiger partial charge in [0.1, 0.15) is 0 Å². The van der Waals surface area contributed by atoms with Gasteiger partial charge in [0, 0.05) is 32.3 Å². The SMILES string of the molecule is COCCCN(C(C)C)C(C)c1ccc(C(F)(F)F)cc1. The highest BCUT2D eigenvalue weighted by Gasteiger charge is 2.30. The van der Waals surface area contributed by atoms with Crippen molar-refractivity contribution in [2.24, 2.45) is 0 Å². The molecule has 0 aliphatic heterocycles. The summed E-state index contributed by atoms with van der Waals surface area (Å²) < 4.78 is 42.8. The molecular formula is C16H24F3NO. The van der Waals surface area contributed by atoms with Gasteiger partial charge < -0.3 is 4.74 Å². The molecule has 0 bridgehead atoms. The molecule has 2 nitrogen and oxygen atoms in total. The maximum Gasteiger partial charge on any atom is 0.416 e. The maximum absolute atomic E-state index is 12.6. The number of hydrogen-bond donors (Lipinski definition) is 0. The lowest BCUT2D eigenvalue weighted by molar-refractivity contribution is -0.137. The van der Waals surface area contributed by atoms with Crippen LogP contribution in [0.4, 0.5) is 13.2 Å². The summed E-state index contributed by atoms with van der Waals surface area (Å²) in [6, 6.07) is 5.83. The first-order chi connectivity index (χ1) is 9.77. The quantitative estimate of drug-likeness (QED) is 0.687. The normalized spacial score (nSPS) is 14.0. The Balaban J connectivity index is 2.81. The summed E-state index contributed by atoms with van der Waals surface area (Å²) in [6.45, 7) is 7.74. The number of alkyl halides is 3. The molecule has 0 radical (unpaired) electrons. The van der Waals surface area contributed by atoms with E-state index < -0.39 is 11.7 Å². The third kappa shape index (κ3) is 5.32. The van der Waals surface area contributed by atoms with Crippen LogP contribution in [0.2, 0.25) is 0 Å². The molecule has 0 amide bonds. The highest BCUT2D eigenvalue weighted by atomic mass is 19.4. The zero-order chi connectivity index (χ0) is 16.0. The highest BCUT2D eigenvalue weighted by molar-refractivity contribution is 5.26. The van der Waals surface area contributed by atoms with E-state index in [0.717, 1.165) is 30.7 Å². The molecular weight excluding hydrogens is 279 g/mol. The Bertz CT molecular complexity index is 415. The lowest BCUT2D eigenvalue weighted by atomic mass is 10.0. The van der Waals surface area contributed by atoms with Gasteiger partial charge in [-0.25, -0.2) is 0 Å². The summed E-state index contributed by atoms with van der Waals surface area (Å²) in [7, 11) is 1.67. The van der Waals surface area contributed by atoms with Gasteiger partial charge in [0.2, 0.25) is 0 Å². The van der Waals surface area contributed by atoms with Crippen molar-refractivity contribution in [3.05, 3.63) is 35.4 Å². The van der Waals surface area contributed by atoms with Gasteiger partial charge in [0.15, 0.2) is 0 Å². The number of hydrogen-bond acceptors (Lipinski definition) is 2. The van der Waals surface area contributed by atoms with Crippen molar-refractivity contribution >= 4 is 0 Å². The molecule has 0 spiro atoms. The van der Waals surface area contributed by atoms with Crippen molar-refractivity contribution in [1.82, 2.24) is 4.90 Å². The minimum absolute atomic E-state index is 0.0733. The molecule has 1 aromatic rings. The van der Waals surface area contributed by atoms with Crippen LogP contribution >= 0.6 is 0 Å². The lowest BCUT2D eigenvalue weighted by Crippen LogP contribution is -2.34. The third-order valence-electron chi connectivity index (χ3n) is 3.65. The smallest absolute Gasteiger partial charge is 0.385 e. The Morgan fingerprint density at radius 2 is 1.67 bits per heavy atom. The van der Waals surface area contributed by atoms with Crippen LogP contribution in [0.1, 0.15) is 44.4 Å². The lowest BCUT2D eigenvalue weighted by Gasteiger charge is -2.33. The molecule has 1 unspecified atom stereocenters. The molecule has 1 aromatic carbocycles. The van der Waals surface area contributed by atoms with Crippen LogP contribution in [0.5, 0.6) is 0 Å². The molecule has 0 saturated carbocycles. The monoisotopic (exact) mass is 303 g/mol. The van der Waals surface area contributed by atoms with Gasteiger partial charge in [-0.1, -0.05) is 12.1 Å². The number of ether oxygens (including phenoxy) is 1. The molecule has 0 heterocycles. The number of rotatable bonds is 7. The number of methoxy groups -OCH3 is 1. The summed E-state index contributed by atoms with van der Waals surface area (Å²) in [5.74, 6) is 0. The van der Waals surface area contributed by atoms with Crippen LogP contribution in [0.3, 0.4) is 0 Å². The van der Waals surface area contributed by atoms with Crippen molar-refractivity contribution in [1.29, 1.82) is 0 Å². The van der Waals surface area contributed by atoms with Gasteiger partial charge in [-0.3, -0.25) is 4.90 Å². The molecule has 0 aliphatic carbocycles. The third-order valence-corrected chi connectivity index (χ3v) is 3.65. The van der Waals surface area contributed by atoms with Gasteiger partial charge in [0.05, 0.1) is 5.56 Å². The Morgan fingerprint density at radius 1 is 1.10 bits per heavy atom. The van der Waals surface area contributed by atoms with E-state index in [-0.39, 0.29) is 6.04 Å². The predicted octanol–water partition coefficient (Wildman–Crippen LogP) is 4.51. The molecule has 1 rings (SSSR count). The summed E-state index contributed by atoms with van der Waals surface area (Å²) in [5.41, 5.74) is 0.294. The summed E-state index contributed by atoms with van der Waals surface area (Å²) in [6.07, 6.45) is -3.38. The van der Waals surface area contributed by atoms with Crippen molar-refractivity contribution in [2.75, 3.05) is 20.3 Å². The molecule has 0 fully saturated rings. The van der Waals surface area contributed by atoms with E-state index in [1.165, 1.54) is 0 Å². The Kier molecular flexibility index (Phi) is 6.68. The van der Waals surface area contributed by atoms with E-state index in [4.69, 9.17) is 4.74 Å². The van der Waals surface area contributed by atoms with Crippen LogP contribution in [-0.2, 0) is 10.9 Å².